The summed E-state index contributed by atoms with van der Waals surface area (Å²) in [5, 5.41) is 9.26. The van der Waals surface area contributed by atoms with E-state index >= 15 is 0 Å². The third-order valence-corrected chi connectivity index (χ3v) is 4.23. The lowest BCUT2D eigenvalue weighted by Gasteiger charge is -2.33. The van der Waals surface area contributed by atoms with Crippen LogP contribution in [0.2, 0.25) is 0 Å². The second-order valence-corrected chi connectivity index (χ2v) is 5.64. The zero-order valence-corrected chi connectivity index (χ0v) is 10.9. The van der Waals surface area contributed by atoms with E-state index in [-0.39, 0.29) is 12.2 Å². The van der Waals surface area contributed by atoms with Gasteiger partial charge < -0.3 is 9.84 Å². The number of aliphatic carboxylic acids is 1. The SMILES string of the molecule is Cc1cc(C)c2c(c1)C1CC1(C(=O)O)C(C(F)(F)F)O2. The second kappa shape index (κ2) is 3.68. The third kappa shape index (κ3) is 1.57. The molecule has 1 aromatic rings. The molecule has 1 heterocycles. The zero-order valence-electron chi connectivity index (χ0n) is 10.9. The molecule has 0 aromatic heterocycles. The Morgan fingerprint density at radius 3 is 2.60 bits per heavy atom. The van der Waals surface area contributed by atoms with Crippen LogP contribution in [0.4, 0.5) is 13.2 Å². The summed E-state index contributed by atoms with van der Waals surface area (Å²) in [5.41, 5.74) is 0.234. The highest BCUT2D eigenvalue weighted by Gasteiger charge is 2.75. The van der Waals surface area contributed by atoms with Gasteiger partial charge in [-0.2, -0.15) is 13.2 Å². The number of carboxylic acids is 1. The lowest BCUT2D eigenvalue weighted by Crippen LogP contribution is -2.48. The van der Waals surface area contributed by atoms with Gasteiger partial charge in [-0.1, -0.05) is 17.7 Å². The van der Waals surface area contributed by atoms with Crippen molar-refractivity contribution < 1.29 is 27.8 Å². The van der Waals surface area contributed by atoms with Crippen molar-refractivity contribution in [3.8, 4) is 5.75 Å². The van der Waals surface area contributed by atoms with Crippen molar-refractivity contribution in [1.29, 1.82) is 0 Å². The average molecular weight is 286 g/mol. The van der Waals surface area contributed by atoms with Crippen molar-refractivity contribution in [3.05, 3.63) is 28.8 Å². The first-order valence-electron chi connectivity index (χ1n) is 6.26. The molecule has 108 valence electrons. The van der Waals surface area contributed by atoms with Crippen LogP contribution >= 0.6 is 0 Å². The molecule has 1 saturated carbocycles. The van der Waals surface area contributed by atoms with Crippen LogP contribution in [0.25, 0.3) is 0 Å². The summed E-state index contributed by atoms with van der Waals surface area (Å²) >= 11 is 0. The van der Waals surface area contributed by atoms with Gasteiger partial charge in [-0.25, -0.2) is 0 Å². The molecule has 1 N–H and O–H groups in total. The standard InChI is InChI=1S/C14H13F3O3/c1-6-3-7(2)10-8(4-6)9-5-13(9,12(18)19)11(20-10)14(15,16)17/h3-4,9,11H,5H2,1-2H3,(H,18,19). The summed E-state index contributed by atoms with van der Waals surface area (Å²) in [6.07, 6.45) is -6.99. The van der Waals surface area contributed by atoms with E-state index in [1.165, 1.54) is 0 Å². The molecule has 0 saturated heterocycles. The molecule has 3 unspecified atom stereocenters. The van der Waals surface area contributed by atoms with E-state index in [9.17, 15) is 23.1 Å². The summed E-state index contributed by atoms with van der Waals surface area (Å²) in [6.45, 7) is 3.50. The number of carbonyl (C=O) groups is 1. The lowest BCUT2D eigenvalue weighted by molar-refractivity contribution is -0.222. The first-order chi connectivity index (χ1) is 9.18. The van der Waals surface area contributed by atoms with Gasteiger partial charge in [0.15, 0.2) is 0 Å². The number of alkyl halides is 3. The normalized spacial score (nSPS) is 31.1. The minimum absolute atomic E-state index is 0.0254. The van der Waals surface area contributed by atoms with Crippen LogP contribution in [-0.2, 0) is 4.79 Å². The van der Waals surface area contributed by atoms with E-state index < -0.39 is 29.6 Å². The Labute approximate surface area is 113 Å². The van der Waals surface area contributed by atoms with Gasteiger partial charge in [-0.15, -0.1) is 0 Å². The van der Waals surface area contributed by atoms with Crippen molar-refractivity contribution in [2.45, 2.75) is 38.5 Å². The third-order valence-electron chi connectivity index (χ3n) is 4.23. The molecule has 3 atom stereocenters. The van der Waals surface area contributed by atoms with Crippen molar-refractivity contribution in [1.82, 2.24) is 0 Å². The predicted octanol–water partition coefficient (Wildman–Crippen LogP) is 3.19. The van der Waals surface area contributed by atoms with Crippen LogP contribution in [-0.4, -0.2) is 23.4 Å². The Balaban J connectivity index is 2.17. The maximum Gasteiger partial charge on any atom is 0.426 e. The summed E-state index contributed by atoms with van der Waals surface area (Å²) < 4.78 is 44.5. The first-order valence-corrected chi connectivity index (χ1v) is 6.26. The number of halogens is 3. The number of fused-ring (bicyclic) bond motifs is 3. The second-order valence-electron chi connectivity index (χ2n) is 5.64. The quantitative estimate of drug-likeness (QED) is 0.862. The van der Waals surface area contributed by atoms with E-state index in [0.29, 0.717) is 11.1 Å². The van der Waals surface area contributed by atoms with Gasteiger partial charge in [0, 0.05) is 5.92 Å². The molecule has 1 aromatic carbocycles. The van der Waals surface area contributed by atoms with E-state index in [2.05, 4.69) is 0 Å². The Kier molecular flexibility index (Phi) is 2.44. The van der Waals surface area contributed by atoms with Crippen molar-refractivity contribution in [3.63, 3.8) is 0 Å². The minimum Gasteiger partial charge on any atom is -0.481 e. The topological polar surface area (TPSA) is 46.5 Å². The number of carboxylic acid groups (broad SMARTS) is 1. The van der Waals surface area contributed by atoms with Gasteiger partial charge in [-0.05, 0) is 31.4 Å². The number of ether oxygens (including phenoxy) is 1. The highest BCUT2D eigenvalue weighted by Crippen LogP contribution is 2.69. The smallest absolute Gasteiger partial charge is 0.426 e. The van der Waals surface area contributed by atoms with Gasteiger partial charge in [0.2, 0.25) is 6.10 Å². The van der Waals surface area contributed by atoms with Crippen molar-refractivity contribution in [2.75, 3.05) is 0 Å². The molecule has 1 fully saturated rings. The van der Waals surface area contributed by atoms with Crippen LogP contribution < -0.4 is 4.74 Å². The molecule has 20 heavy (non-hydrogen) atoms. The van der Waals surface area contributed by atoms with Gasteiger partial charge >= 0.3 is 12.1 Å². The highest BCUT2D eigenvalue weighted by molar-refractivity contribution is 5.83. The fraction of sp³-hybridized carbons (Fsp3) is 0.500. The molecular formula is C14H13F3O3. The maximum absolute atomic E-state index is 13.1. The summed E-state index contributed by atoms with van der Waals surface area (Å²) in [6, 6.07) is 3.46. The van der Waals surface area contributed by atoms with Crippen LogP contribution in [0.1, 0.15) is 29.0 Å². The van der Waals surface area contributed by atoms with E-state index in [4.69, 9.17) is 4.74 Å². The van der Waals surface area contributed by atoms with Gasteiger partial charge in [0.05, 0.1) is 0 Å². The fourth-order valence-electron chi connectivity index (χ4n) is 3.29. The summed E-state index contributed by atoms with van der Waals surface area (Å²) in [4.78, 5) is 11.4. The minimum atomic E-state index is -4.69. The molecule has 2 aliphatic rings. The molecule has 0 spiro atoms. The molecule has 1 aliphatic heterocycles. The molecule has 0 bridgehead atoms. The molecule has 6 heteroatoms. The van der Waals surface area contributed by atoms with Crippen LogP contribution in [0, 0.1) is 19.3 Å². The predicted molar refractivity (Wildman–Crippen MR) is 63.8 cm³/mol. The molecule has 3 rings (SSSR count). The highest BCUT2D eigenvalue weighted by atomic mass is 19.4. The Bertz CT molecular complexity index is 608. The average Bonchev–Trinajstić information content (AvgIpc) is 3.03. The lowest BCUT2D eigenvalue weighted by atomic mass is 9.88. The van der Waals surface area contributed by atoms with Crippen molar-refractivity contribution in [2.24, 2.45) is 5.41 Å². The van der Waals surface area contributed by atoms with Gasteiger partial charge in [-0.3, -0.25) is 4.79 Å². The monoisotopic (exact) mass is 286 g/mol. The number of hydrogen-bond acceptors (Lipinski definition) is 2. The summed E-state index contributed by atoms with van der Waals surface area (Å²) in [7, 11) is 0. The van der Waals surface area contributed by atoms with E-state index in [1.54, 1.807) is 19.1 Å². The number of aryl methyl sites for hydroxylation is 2. The number of rotatable bonds is 1. The largest absolute Gasteiger partial charge is 0.481 e. The Morgan fingerprint density at radius 1 is 1.40 bits per heavy atom. The van der Waals surface area contributed by atoms with E-state index in [1.807, 2.05) is 6.92 Å². The van der Waals surface area contributed by atoms with E-state index in [0.717, 1.165) is 5.56 Å². The Hall–Kier alpha value is -1.72. The van der Waals surface area contributed by atoms with Gasteiger partial charge in [0.25, 0.3) is 0 Å². The maximum atomic E-state index is 13.1. The molecule has 1 aliphatic carbocycles. The number of benzene rings is 1. The number of hydrogen-bond donors (Lipinski definition) is 1. The fourth-order valence-corrected chi connectivity index (χ4v) is 3.29. The molecule has 0 radical (unpaired) electrons. The van der Waals surface area contributed by atoms with Crippen LogP contribution in [0.15, 0.2) is 12.1 Å². The summed E-state index contributed by atoms with van der Waals surface area (Å²) in [5.74, 6) is -1.86. The van der Waals surface area contributed by atoms with Crippen molar-refractivity contribution >= 4 is 5.97 Å². The molecule has 0 amide bonds. The Morgan fingerprint density at radius 2 is 2.05 bits per heavy atom. The molecular weight excluding hydrogens is 273 g/mol. The molecule has 3 nitrogen and oxygen atoms in total. The first kappa shape index (κ1) is 13.3. The van der Waals surface area contributed by atoms with Gasteiger partial charge in [0.1, 0.15) is 11.2 Å². The van der Waals surface area contributed by atoms with Crippen LogP contribution in [0.5, 0.6) is 5.75 Å². The zero-order chi connectivity index (χ0) is 14.9. The van der Waals surface area contributed by atoms with Crippen LogP contribution in [0.3, 0.4) is 0 Å².